The molecular formula is C24H23N2O2. The zero-order chi connectivity index (χ0) is 19.7. The van der Waals surface area contributed by atoms with Crippen molar-refractivity contribution in [2.75, 3.05) is 7.11 Å². The molecule has 0 bridgehead atoms. The molecule has 0 fully saturated rings. The Morgan fingerprint density at radius 3 is 2.68 bits per heavy atom. The van der Waals surface area contributed by atoms with Gasteiger partial charge >= 0.3 is 0 Å². The van der Waals surface area contributed by atoms with E-state index in [1.165, 1.54) is 5.56 Å². The third kappa shape index (κ3) is 3.11. The van der Waals surface area contributed by atoms with Crippen molar-refractivity contribution in [1.82, 2.24) is 4.57 Å². The van der Waals surface area contributed by atoms with Gasteiger partial charge in [-0.25, -0.2) is 0 Å². The number of fused-ring (bicyclic) bond motifs is 3. The second kappa shape index (κ2) is 7.39. The lowest BCUT2D eigenvalue weighted by molar-refractivity contribution is 0.100. The summed E-state index contributed by atoms with van der Waals surface area (Å²) in [5, 5.41) is 1.81. The average Bonchev–Trinajstić information content (AvgIpc) is 3.01. The van der Waals surface area contributed by atoms with E-state index in [2.05, 4.69) is 29.7 Å². The van der Waals surface area contributed by atoms with Crippen LogP contribution in [0, 0.1) is 6.07 Å². The summed E-state index contributed by atoms with van der Waals surface area (Å²) in [5.74, 6) is 0.409. The largest absolute Gasteiger partial charge is 0.497 e. The van der Waals surface area contributed by atoms with Gasteiger partial charge in [0.1, 0.15) is 5.75 Å². The molecule has 0 aliphatic rings. The third-order valence-corrected chi connectivity index (χ3v) is 5.13. The lowest BCUT2D eigenvalue weighted by Gasteiger charge is -2.10. The summed E-state index contributed by atoms with van der Waals surface area (Å²) in [4.78, 5) is 12.1. The maximum absolute atomic E-state index is 12.1. The van der Waals surface area contributed by atoms with Gasteiger partial charge in [0.15, 0.2) is 0 Å². The number of benzene rings is 3. The highest BCUT2D eigenvalue weighted by Gasteiger charge is 2.17. The second-order valence-corrected chi connectivity index (χ2v) is 7.02. The lowest BCUT2D eigenvalue weighted by Crippen LogP contribution is -2.11. The zero-order valence-corrected chi connectivity index (χ0v) is 16.2. The lowest BCUT2D eigenvalue weighted by atomic mass is 10.0. The van der Waals surface area contributed by atoms with Crippen molar-refractivity contribution in [3.8, 4) is 5.75 Å². The molecule has 1 aromatic heterocycles. The number of nitrogens with two attached hydrogens (primary N) is 1. The van der Waals surface area contributed by atoms with Gasteiger partial charge in [0.05, 0.1) is 18.1 Å². The number of hydrogen-bond donors (Lipinski definition) is 1. The van der Waals surface area contributed by atoms with Gasteiger partial charge in [-0.15, -0.1) is 0 Å². The maximum atomic E-state index is 12.1. The molecule has 1 heterocycles. The monoisotopic (exact) mass is 371 g/mol. The van der Waals surface area contributed by atoms with E-state index in [4.69, 9.17) is 10.5 Å². The van der Waals surface area contributed by atoms with Crippen molar-refractivity contribution in [3.05, 3.63) is 77.4 Å². The van der Waals surface area contributed by atoms with Gasteiger partial charge in [0, 0.05) is 22.9 Å². The second-order valence-electron chi connectivity index (χ2n) is 7.02. The molecule has 141 valence electrons. The SMILES string of the molecule is CCCc1c[c]c2c3c(C(N)=O)cccc3n(Cc3cccc(OC)c3)c2c1. The van der Waals surface area contributed by atoms with Gasteiger partial charge in [0.25, 0.3) is 0 Å². The summed E-state index contributed by atoms with van der Waals surface area (Å²) in [5.41, 5.74) is 10.6. The van der Waals surface area contributed by atoms with E-state index in [9.17, 15) is 4.79 Å². The number of nitrogens with zero attached hydrogens (tertiary/aromatic N) is 1. The number of rotatable bonds is 6. The van der Waals surface area contributed by atoms with Crippen LogP contribution < -0.4 is 10.5 Å². The average molecular weight is 371 g/mol. The standard InChI is InChI=1S/C24H23N2O2/c1-3-6-16-11-12-19-22(14-16)26(15-17-7-4-8-18(13-17)28-2)21-10-5-9-20(23(19)21)24(25)27/h4-5,7-11,13-14H,3,6,15H2,1-2H3,(H2,25,27). The van der Waals surface area contributed by atoms with Crippen LogP contribution in [-0.2, 0) is 13.0 Å². The molecule has 2 N–H and O–H groups in total. The number of ether oxygens (including phenoxy) is 1. The Balaban J connectivity index is 1.99. The van der Waals surface area contributed by atoms with E-state index in [0.717, 1.165) is 46.0 Å². The highest BCUT2D eigenvalue weighted by Crippen LogP contribution is 2.33. The van der Waals surface area contributed by atoms with Crippen LogP contribution in [0.15, 0.2) is 54.6 Å². The smallest absolute Gasteiger partial charge is 0.249 e. The Morgan fingerprint density at radius 1 is 1.11 bits per heavy atom. The Kier molecular flexibility index (Phi) is 4.78. The number of amides is 1. The van der Waals surface area contributed by atoms with Gasteiger partial charge in [-0.3, -0.25) is 4.79 Å². The number of methoxy groups -OCH3 is 1. The molecule has 1 amide bonds. The van der Waals surface area contributed by atoms with Gasteiger partial charge in [-0.2, -0.15) is 0 Å². The number of carbonyl (C=O) groups excluding carboxylic acids is 1. The van der Waals surface area contributed by atoms with Crippen molar-refractivity contribution in [3.63, 3.8) is 0 Å². The van der Waals surface area contributed by atoms with Crippen LogP contribution in [0.25, 0.3) is 21.8 Å². The van der Waals surface area contributed by atoms with Crippen LogP contribution in [0.5, 0.6) is 5.75 Å². The van der Waals surface area contributed by atoms with E-state index in [1.807, 2.05) is 36.4 Å². The van der Waals surface area contributed by atoms with Crippen LogP contribution in [0.4, 0.5) is 0 Å². The molecule has 0 atom stereocenters. The number of aromatic nitrogens is 1. The third-order valence-electron chi connectivity index (χ3n) is 5.13. The van der Waals surface area contributed by atoms with Crippen LogP contribution in [0.1, 0.15) is 34.8 Å². The maximum Gasteiger partial charge on any atom is 0.249 e. The van der Waals surface area contributed by atoms with Crippen molar-refractivity contribution in [1.29, 1.82) is 0 Å². The van der Waals surface area contributed by atoms with Gasteiger partial charge in [-0.1, -0.05) is 37.6 Å². The number of primary amides is 1. The first-order valence-corrected chi connectivity index (χ1v) is 9.50. The predicted octanol–water partition coefficient (Wildman–Crippen LogP) is 4.70. The van der Waals surface area contributed by atoms with E-state index >= 15 is 0 Å². The fourth-order valence-corrected chi connectivity index (χ4v) is 3.86. The first kappa shape index (κ1) is 18.1. The first-order valence-electron chi connectivity index (χ1n) is 9.50. The Morgan fingerprint density at radius 2 is 1.93 bits per heavy atom. The highest BCUT2D eigenvalue weighted by atomic mass is 16.5. The Bertz CT molecular complexity index is 1170. The summed E-state index contributed by atoms with van der Waals surface area (Å²) in [6, 6.07) is 21.4. The molecule has 0 saturated heterocycles. The van der Waals surface area contributed by atoms with Crippen molar-refractivity contribution < 1.29 is 9.53 Å². The molecule has 4 nitrogen and oxygen atoms in total. The molecule has 4 aromatic rings. The molecule has 28 heavy (non-hydrogen) atoms. The topological polar surface area (TPSA) is 57.2 Å². The minimum atomic E-state index is -0.419. The molecule has 4 heteroatoms. The molecule has 0 unspecified atom stereocenters. The molecule has 0 spiro atoms. The quantitative estimate of drug-likeness (QED) is 0.534. The molecular weight excluding hydrogens is 348 g/mol. The number of aryl methyl sites for hydroxylation is 1. The fraction of sp³-hybridized carbons (Fsp3) is 0.208. The summed E-state index contributed by atoms with van der Waals surface area (Å²) in [6.45, 7) is 2.84. The number of hydrogen-bond acceptors (Lipinski definition) is 2. The molecule has 4 rings (SSSR count). The van der Waals surface area contributed by atoms with Crippen molar-refractivity contribution in [2.45, 2.75) is 26.3 Å². The van der Waals surface area contributed by atoms with Gasteiger partial charge in [-0.05, 0) is 53.9 Å². The molecule has 0 aliphatic carbocycles. The minimum absolute atomic E-state index is 0.419. The van der Waals surface area contributed by atoms with E-state index in [1.54, 1.807) is 13.2 Å². The summed E-state index contributed by atoms with van der Waals surface area (Å²) >= 11 is 0. The molecule has 0 aliphatic heterocycles. The van der Waals surface area contributed by atoms with Gasteiger partial charge < -0.3 is 15.0 Å². The normalized spacial score (nSPS) is 11.2. The zero-order valence-electron chi connectivity index (χ0n) is 16.2. The van der Waals surface area contributed by atoms with E-state index in [0.29, 0.717) is 12.1 Å². The van der Waals surface area contributed by atoms with Crippen LogP contribution >= 0.6 is 0 Å². The summed E-state index contributed by atoms with van der Waals surface area (Å²) in [7, 11) is 1.67. The minimum Gasteiger partial charge on any atom is -0.497 e. The molecule has 1 radical (unpaired) electrons. The van der Waals surface area contributed by atoms with Gasteiger partial charge in [0.2, 0.25) is 5.91 Å². The van der Waals surface area contributed by atoms with E-state index in [-0.39, 0.29) is 0 Å². The number of carbonyl (C=O) groups is 1. The summed E-state index contributed by atoms with van der Waals surface area (Å²) < 4.78 is 7.61. The van der Waals surface area contributed by atoms with Crippen LogP contribution in [0.3, 0.4) is 0 Å². The van der Waals surface area contributed by atoms with E-state index < -0.39 is 5.91 Å². The molecule has 0 saturated carbocycles. The Labute approximate surface area is 164 Å². The van der Waals surface area contributed by atoms with Crippen molar-refractivity contribution >= 4 is 27.7 Å². The summed E-state index contributed by atoms with van der Waals surface area (Å²) in [6.07, 6.45) is 2.07. The predicted molar refractivity (Wildman–Crippen MR) is 113 cm³/mol. The Hall–Kier alpha value is -3.27. The first-order chi connectivity index (χ1) is 13.6. The molecule has 3 aromatic carbocycles. The van der Waals surface area contributed by atoms with Crippen LogP contribution in [0.2, 0.25) is 0 Å². The van der Waals surface area contributed by atoms with Crippen molar-refractivity contribution in [2.24, 2.45) is 5.73 Å². The highest BCUT2D eigenvalue weighted by molar-refractivity contribution is 6.17. The van der Waals surface area contributed by atoms with Crippen LogP contribution in [-0.4, -0.2) is 17.6 Å². The fourth-order valence-electron chi connectivity index (χ4n) is 3.86.